The Morgan fingerprint density at radius 3 is 2.41 bits per heavy atom. The summed E-state index contributed by atoms with van der Waals surface area (Å²) in [4.78, 5) is 2.35. The molecular formula is C24H30O4S. The lowest BCUT2D eigenvalue weighted by molar-refractivity contribution is -0.122. The van der Waals surface area contributed by atoms with E-state index in [0.717, 1.165) is 29.9 Å². The van der Waals surface area contributed by atoms with Gasteiger partial charge in [-0.1, -0.05) is 36.0 Å². The third-order valence-electron chi connectivity index (χ3n) is 6.22. The highest BCUT2D eigenvalue weighted by atomic mass is 32.2. The van der Waals surface area contributed by atoms with E-state index in [2.05, 4.69) is 43.3 Å². The highest BCUT2D eigenvalue weighted by molar-refractivity contribution is 7.99. The van der Waals surface area contributed by atoms with Crippen LogP contribution in [0.1, 0.15) is 43.7 Å². The molecule has 0 bridgehead atoms. The van der Waals surface area contributed by atoms with Gasteiger partial charge in [-0.25, -0.2) is 0 Å². The van der Waals surface area contributed by atoms with Crippen LogP contribution in [0.2, 0.25) is 0 Å². The van der Waals surface area contributed by atoms with Crippen LogP contribution in [0, 0.1) is 0 Å². The standard InChI is InChI=1S/C24H30O4S/c1-18-17-24(26-2,12-15-28-18)20-4-3-5-22(16-20)29-21-8-6-19(7-9-21)23(25)10-13-27-14-11-23/h3-9,16,18,25H,10-15,17H2,1-2H3. The molecule has 2 aliphatic heterocycles. The summed E-state index contributed by atoms with van der Waals surface area (Å²) in [6.45, 7) is 4.07. The van der Waals surface area contributed by atoms with Crippen LogP contribution < -0.4 is 0 Å². The van der Waals surface area contributed by atoms with E-state index in [0.29, 0.717) is 26.1 Å². The molecule has 0 amide bonds. The minimum atomic E-state index is -0.758. The zero-order valence-corrected chi connectivity index (χ0v) is 18.0. The molecule has 0 spiro atoms. The van der Waals surface area contributed by atoms with Gasteiger partial charge in [-0.05, 0) is 42.3 Å². The molecule has 29 heavy (non-hydrogen) atoms. The minimum absolute atomic E-state index is 0.198. The van der Waals surface area contributed by atoms with Crippen molar-refractivity contribution < 1.29 is 19.3 Å². The third-order valence-corrected chi connectivity index (χ3v) is 7.22. The van der Waals surface area contributed by atoms with Crippen LogP contribution in [0.5, 0.6) is 0 Å². The van der Waals surface area contributed by atoms with Crippen molar-refractivity contribution in [3.63, 3.8) is 0 Å². The smallest absolute Gasteiger partial charge is 0.0974 e. The fourth-order valence-electron chi connectivity index (χ4n) is 4.43. The molecule has 4 rings (SSSR count). The molecule has 2 fully saturated rings. The van der Waals surface area contributed by atoms with E-state index in [9.17, 15) is 5.11 Å². The highest BCUT2D eigenvalue weighted by Crippen LogP contribution is 2.40. The molecule has 2 aromatic rings. The number of aliphatic hydroxyl groups is 1. The fraction of sp³-hybridized carbons (Fsp3) is 0.500. The summed E-state index contributed by atoms with van der Waals surface area (Å²) < 4.78 is 17.1. The molecule has 2 aliphatic rings. The molecule has 0 aliphatic carbocycles. The molecule has 2 aromatic carbocycles. The van der Waals surface area contributed by atoms with Crippen LogP contribution in [0.3, 0.4) is 0 Å². The molecule has 2 heterocycles. The van der Waals surface area contributed by atoms with Crippen molar-refractivity contribution in [2.45, 2.75) is 59.7 Å². The predicted octanol–water partition coefficient (Wildman–Crippen LogP) is 4.88. The van der Waals surface area contributed by atoms with Crippen molar-refractivity contribution in [3.8, 4) is 0 Å². The molecule has 0 radical (unpaired) electrons. The summed E-state index contributed by atoms with van der Waals surface area (Å²) >= 11 is 1.74. The van der Waals surface area contributed by atoms with Gasteiger partial charge in [0.25, 0.3) is 0 Å². The predicted molar refractivity (Wildman–Crippen MR) is 114 cm³/mol. The van der Waals surface area contributed by atoms with Crippen molar-refractivity contribution in [1.29, 1.82) is 0 Å². The van der Waals surface area contributed by atoms with Crippen LogP contribution >= 0.6 is 11.8 Å². The monoisotopic (exact) mass is 414 g/mol. The number of ether oxygens (including phenoxy) is 3. The lowest BCUT2D eigenvalue weighted by Crippen LogP contribution is -2.39. The van der Waals surface area contributed by atoms with Crippen molar-refractivity contribution in [2.24, 2.45) is 0 Å². The summed E-state index contributed by atoms with van der Waals surface area (Å²) in [7, 11) is 1.80. The molecule has 4 nitrogen and oxygen atoms in total. The van der Waals surface area contributed by atoms with Gasteiger partial charge in [0.1, 0.15) is 0 Å². The maximum absolute atomic E-state index is 10.9. The Labute approximate surface area is 177 Å². The minimum Gasteiger partial charge on any atom is -0.385 e. The maximum atomic E-state index is 10.9. The van der Waals surface area contributed by atoms with Gasteiger partial charge in [0.05, 0.1) is 23.9 Å². The van der Waals surface area contributed by atoms with Crippen molar-refractivity contribution in [3.05, 3.63) is 59.7 Å². The lowest BCUT2D eigenvalue weighted by atomic mass is 9.84. The number of hydrogen-bond acceptors (Lipinski definition) is 5. The molecular weight excluding hydrogens is 384 g/mol. The SMILES string of the molecule is COC1(c2cccc(Sc3ccc(C4(O)CCOCC4)cc3)c2)CCOC(C)C1. The molecule has 1 N–H and O–H groups in total. The number of methoxy groups -OCH3 is 1. The maximum Gasteiger partial charge on any atom is 0.0974 e. The fourth-order valence-corrected chi connectivity index (χ4v) is 5.30. The van der Waals surface area contributed by atoms with Crippen LogP contribution in [0.4, 0.5) is 0 Å². The van der Waals surface area contributed by atoms with Crippen molar-refractivity contribution in [2.75, 3.05) is 26.9 Å². The van der Waals surface area contributed by atoms with Gasteiger partial charge in [0.15, 0.2) is 0 Å². The van der Waals surface area contributed by atoms with Gasteiger partial charge < -0.3 is 19.3 Å². The number of benzene rings is 2. The molecule has 156 valence electrons. The second-order valence-electron chi connectivity index (χ2n) is 8.13. The molecule has 2 saturated heterocycles. The zero-order valence-electron chi connectivity index (χ0n) is 17.2. The van der Waals surface area contributed by atoms with Crippen LogP contribution in [0.15, 0.2) is 58.3 Å². The number of hydrogen-bond donors (Lipinski definition) is 1. The van der Waals surface area contributed by atoms with Crippen LogP contribution in [-0.2, 0) is 25.4 Å². The normalized spacial score (nSPS) is 26.9. The van der Waals surface area contributed by atoms with Crippen LogP contribution in [-0.4, -0.2) is 38.1 Å². The summed E-state index contributed by atoms with van der Waals surface area (Å²) in [5.41, 5.74) is 1.16. The van der Waals surface area contributed by atoms with E-state index >= 15 is 0 Å². The van der Waals surface area contributed by atoms with Gasteiger partial charge in [-0.15, -0.1) is 0 Å². The average Bonchev–Trinajstić information content (AvgIpc) is 2.75. The topological polar surface area (TPSA) is 47.9 Å². The molecule has 0 saturated carbocycles. The van der Waals surface area contributed by atoms with Gasteiger partial charge in [-0.2, -0.15) is 0 Å². The van der Waals surface area contributed by atoms with E-state index in [-0.39, 0.29) is 11.7 Å². The van der Waals surface area contributed by atoms with Crippen molar-refractivity contribution >= 4 is 11.8 Å². The lowest BCUT2D eigenvalue weighted by Gasteiger charge is -2.39. The Bertz CT molecular complexity index is 816. The van der Waals surface area contributed by atoms with Gasteiger partial charge >= 0.3 is 0 Å². The first-order valence-corrected chi connectivity index (χ1v) is 11.2. The second kappa shape index (κ2) is 8.78. The third kappa shape index (κ3) is 4.54. The van der Waals surface area contributed by atoms with Gasteiger partial charge in [0.2, 0.25) is 0 Å². The van der Waals surface area contributed by atoms with Crippen LogP contribution in [0.25, 0.3) is 0 Å². The molecule has 0 aromatic heterocycles. The molecule has 5 heteroatoms. The Morgan fingerprint density at radius 1 is 0.966 bits per heavy atom. The zero-order chi connectivity index (χ0) is 20.3. The van der Waals surface area contributed by atoms with Gasteiger partial charge in [-0.3, -0.25) is 0 Å². The first-order valence-electron chi connectivity index (χ1n) is 10.4. The quantitative estimate of drug-likeness (QED) is 0.756. The Kier molecular flexibility index (Phi) is 6.32. The Hall–Kier alpha value is -1.37. The van der Waals surface area contributed by atoms with E-state index < -0.39 is 5.60 Å². The summed E-state index contributed by atoms with van der Waals surface area (Å²) in [6, 6.07) is 17.0. The van der Waals surface area contributed by atoms with E-state index in [4.69, 9.17) is 14.2 Å². The second-order valence-corrected chi connectivity index (χ2v) is 9.28. The Morgan fingerprint density at radius 2 is 1.72 bits per heavy atom. The summed E-state index contributed by atoms with van der Waals surface area (Å²) in [6.07, 6.45) is 3.25. The van der Waals surface area contributed by atoms with E-state index in [1.807, 2.05) is 12.1 Å². The van der Waals surface area contributed by atoms with Gasteiger partial charge in [0, 0.05) is 55.8 Å². The van der Waals surface area contributed by atoms with Crippen molar-refractivity contribution in [1.82, 2.24) is 0 Å². The van der Waals surface area contributed by atoms with E-state index in [1.54, 1.807) is 18.9 Å². The first-order chi connectivity index (χ1) is 14.0. The first kappa shape index (κ1) is 20.9. The average molecular weight is 415 g/mol. The Balaban J connectivity index is 1.51. The number of rotatable bonds is 5. The summed E-state index contributed by atoms with van der Waals surface area (Å²) in [5.74, 6) is 0. The van der Waals surface area contributed by atoms with E-state index in [1.165, 1.54) is 10.5 Å². The summed E-state index contributed by atoms with van der Waals surface area (Å²) in [5, 5.41) is 10.9. The highest BCUT2D eigenvalue weighted by Gasteiger charge is 2.37. The molecule has 2 atom stereocenters. The molecule has 2 unspecified atom stereocenters. The largest absolute Gasteiger partial charge is 0.385 e.